The smallest absolute Gasteiger partial charge is 0.318 e. The van der Waals surface area contributed by atoms with E-state index >= 15 is 0 Å². The molecule has 0 aliphatic rings. The highest BCUT2D eigenvalue weighted by molar-refractivity contribution is 6.05. The van der Waals surface area contributed by atoms with Crippen LogP contribution >= 0.6 is 0 Å². The molecule has 0 fully saturated rings. The number of aromatic nitrogens is 3. The molecule has 4 N–H and O–H groups in total. The molecule has 2 amide bonds. The number of hydrogen-bond acceptors (Lipinski definition) is 5. The molecule has 0 aliphatic heterocycles. The molecular formula is C16H10F3N5O4. The zero-order valence-electron chi connectivity index (χ0n) is 13.7. The van der Waals surface area contributed by atoms with Crippen LogP contribution in [0.2, 0.25) is 0 Å². The number of aromatic amines is 2. The second-order valence-electron chi connectivity index (χ2n) is 5.47. The van der Waals surface area contributed by atoms with Gasteiger partial charge in [-0.05, 0) is 18.2 Å². The van der Waals surface area contributed by atoms with Gasteiger partial charge in [0.25, 0.3) is 22.9 Å². The van der Waals surface area contributed by atoms with E-state index in [1.165, 1.54) is 12.1 Å². The fourth-order valence-corrected chi connectivity index (χ4v) is 2.35. The predicted molar refractivity (Wildman–Crippen MR) is 89.4 cm³/mol. The molecule has 1 aromatic carbocycles. The molecule has 144 valence electrons. The summed E-state index contributed by atoms with van der Waals surface area (Å²) in [4.78, 5) is 49.1. The lowest BCUT2D eigenvalue weighted by molar-refractivity contribution is -0.141. The lowest BCUT2D eigenvalue weighted by Crippen LogP contribution is -2.44. The first-order valence-electron chi connectivity index (χ1n) is 7.57. The highest BCUT2D eigenvalue weighted by Gasteiger charge is 2.32. The molecule has 0 unspecified atom stereocenters. The molecule has 0 bridgehead atoms. The number of halogens is 3. The van der Waals surface area contributed by atoms with E-state index in [-0.39, 0.29) is 16.5 Å². The van der Waals surface area contributed by atoms with Crippen molar-refractivity contribution < 1.29 is 22.8 Å². The quantitative estimate of drug-likeness (QED) is 0.475. The van der Waals surface area contributed by atoms with Crippen molar-refractivity contribution in [2.75, 3.05) is 0 Å². The lowest BCUT2D eigenvalue weighted by Gasteiger charge is -2.09. The van der Waals surface area contributed by atoms with Crippen LogP contribution in [0.1, 0.15) is 26.5 Å². The van der Waals surface area contributed by atoms with Gasteiger partial charge in [0.05, 0.1) is 5.39 Å². The Morgan fingerprint density at radius 3 is 2.18 bits per heavy atom. The first-order valence-corrected chi connectivity index (χ1v) is 7.57. The summed E-state index contributed by atoms with van der Waals surface area (Å²) < 4.78 is 37.6. The van der Waals surface area contributed by atoms with Gasteiger partial charge in [-0.3, -0.25) is 30.0 Å². The third-order valence-corrected chi connectivity index (χ3v) is 3.66. The Bertz CT molecular complexity index is 1200. The number of nitrogens with one attached hydrogen (secondary N) is 4. The molecule has 12 heteroatoms. The van der Waals surface area contributed by atoms with Gasteiger partial charge in [-0.1, -0.05) is 18.2 Å². The van der Waals surface area contributed by atoms with E-state index in [1.807, 2.05) is 10.9 Å². The zero-order chi connectivity index (χ0) is 20.5. The van der Waals surface area contributed by atoms with Crippen LogP contribution in [-0.2, 0) is 6.18 Å². The molecule has 0 saturated heterocycles. The van der Waals surface area contributed by atoms with Crippen LogP contribution < -0.4 is 22.0 Å². The summed E-state index contributed by atoms with van der Waals surface area (Å²) >= 11 is 0. The van der Waals surface area contributed by atoms with Gasteiger partial charge in [0.2, 0.25) is 0 Å². The van der Waals surface area contributed by atoms with E-state index < -0.39 is 40.4 Å². The molecule has 0 saturated carbocycles. The zero-order valence-corrected chi connectivity index (χ0v) is 13.7. The number of amides is 2. The average molecular weight is 393 g/mol. The molecule has 3 aromatic rings. The van der Waals surface area contributed by atoms with Crippen LogP contribution in [0.5, 0.6) is 0 Å². The Kier molecular flexibility index (Phi) is 4.69. The van der Waals surface area contributed by atoms with Crippen LogP contribution in [0.25, 0.3) is 10.8 Å². The van der Waals surface area contributed by atoms with Crippen molar-refractivity contribution in [3.8, 4) is 0 Å². The second-order valence-corrected chi connectivity index (χ2v) is 5.47. The van der Waals surface area contributed by atoms with E-state index in [4.69, 9.17) is 0 Å². The van der Waals surface area contributed by atoms with E-state index in [1.54, 1.807) is 17.1 Å². The van der Waals surface area contributed by atoms with Gasteiger partial charge < -0.3 is 4.98 Å². The third kappa shape index (κ3) is 3.60. The van der Waals surface area contributed by atoms with Crippen LogP contribution in [0.3, 0.4) is 0 Å². The molecule has 0 radical (unpaired) electrons. The fraction of sp³-hybridized carbons (Fsp3) is 0.0625. The van der Waals surface area contributed by atoms with Gasteiger partial charge in [0.15, 0.2) is 5.69 Å². The maximum atomic E-state index is 12.5. The number of hydrazine groups is 1. The molecule has 2 heterocycles. The normalized spacial score (nSPS) is 11.2. The molecule has 9 nitrogen and oxygen atoms in total. The first kappa shape index (κ1) is 18.8. The van der Waals surface area contributed by atoms with E-state index in [2.05, 4.69) is 10.2 Å². The summed E-state index contributed by atoms with van der Waals surface area (Å²) in [5.41, 5.74) is -0.0920. The van der Waals surface area contributed by atoms with Crippen LogP contribution in [0.4, 0.5) is 13.2 Å². The number of hydrogen-bond donors (Lipinski definition) is 4. The number of benzene rings is 1. The van der Waals surface area contributed by atoms with Crippen molar-refractivity contribution in [3.05, 3.63) is 74.1 Å². The van der Waals surface area contributed by atoms with E-state index in [9.17, 15) is 32.3 Å². The van der Waals surface area contributed by atoms with Crippen molar-refractivity contribution >= 4 is 22.6 Å². The molecule has 28 heavy (non-hydrogen) atoms. The number of alkyl halides is 3. The maximum absolute atomic E-state index is 12.5. The number of carbonyl (C=O) groups is 2. The second kappa shape index (κ2) is 6.98. The van der Waals surface area contributed by atoms with Gasteiger partial charge >= 0.3 is 6.18 Å². The fourth-order valence-electron chi connectivity index (χ4n) is 2.35. The number of H-pyrrole nitrogens is 2. The summed E-state index contributed by atoms with van der Waals surface area (Å²) in [6.45, 7) is 0. The predicted octanol–water partition coefficient (Wildman–Crippen LogP) is 0.705. The lowest BCUT2D eigenvalue weighted by atomic mass is 10.1. The number of fused-ring (bicyclic) bond motifs is 1. The summed E-state index contributed by atoms with van der Waals surface area (Å²) in [6.07, 6.45) is -4.78. The summed E-state index contributed by atoms with van der Waals surface area (Å²) in [7, 11) is 0. The van der Waals surface area contributed by atoms with Gasteiger partial charge in [0, 0.05) is 5.39 Å². The molecule has 0 atom stereocenters. The van der Waals surface area contributed by atoms with E-state index in [0.29, 0.717) is 12.1 Å². The standard InChI is InChI=1S/C16H10F3N5O4/c17-16(18,19)10-6-5-9(12(25)20-10)14(27)23-24-15(28)11-7-3-1-2-4-8(7)13(26)22-21-11/h1-6H,(H,20,25)(H,22,26)(H,23,27)(H,24,28). The topological polar surface area (TPSA) is 137 Å². The number of pyridine rings is 1. The molecule has 0 spiro atoms. The SMILES string of the molecule is O=C(NNC(=O)c1n[nH]c(=O)c2ccccc12)c1ccc(C(F)(F)F)[nH]c1=O. The van der Waals surface area contributed by atoms with Crippen molar-refractivity contribution in [1.29, 1.82) is 0 Å². The minimum absolute atomic E-state index is 0.188. The van der Waals surface area contributed by atoms with Crippen molar-refractivity contribution in [1.82, 2.24) is 26.0 Å². The van der Waals surface area contributed by atoms with Gasteiger partial charge in [-0.25, -0.2) is 5.10 Å². The van der Waals surface area contributed by atoms with Crippen molar-refractivity contribution in [2.24, 2.45) is 0 Å². The Morgan fingerprint density at radius 1 is 0.893 bits per heavy atom. The highest BCUT2D eigenvalue weighted by atomic mass is 19.4. The number of nitrogens with zero attached hydrogens (tertiary/aromatic N) is 1. The van der Waals surface area contributed by atoms with E-state index in [0.717, 1.165) is 0 Å². The van der Waals surface area contributed by atoms with Crippen LogP contribution in [-0.4, -0.2) is 27.0 Å². The highest BCUT2D eigenvalue weighted by Crippen LogP contribution is 2.26. The minimum Gasteiger partial charge on any atom is -0.318 e. The monoisotopic (exact) mass is 393 g/mol. The molecule has 2 aromatic heterocycles. The Morgan fingerprint density at radius 2 is 1.54 bits per heavy atom. The average Bonchev–Trinajstić information content (AvgIpc) is 2.65. The third-order valence-electron chi connectivity index (χ3n) is 3.66. The van der Waals surface area contributed by atoms with Gasteiger partial charge in [0.1, 0.15) is 11.3 Å². The maximum Gasteiger partial charge on any atom is 0.431 e. The minimum atomic E-state index is -4.78. The Hall–Kier alpha value is -3.96. The number of carbonyl (C=O) groups excluding carboxylic acids is 2. The summed E-state index contributed by atoms with van der Waals surface area (Å²) in [5.74, 6) is -2.05. The Balaban J connectivity index is 1.79. The summed E-state index contributed by atoms with van der Waals surface area (Å²) in [5, 5.41) is 6.15. The van der Waals surface area contributed by atoms with Gasteiger partial charge in [-0.2, -0.15) is 18.3 Å². The van der Waals surface area contributed by atoms with Crippen molar-refractivity contribution in [2.45, 2.75) is 6.18 Å². The summed E-state index contributed by atoms with van der Waals surface area (Å²) in [6, 6.07) is 7.28. The van der Waals surface area contributed by atoms with Gasteiger partial charge in [-0.15, -0.1) is 0 Å². The largest absolute Gasteiger partial charge is 0.431 e. The van der Waals surface area contributed by atoms with Crippen LogP contribution in [0, 0.1) is 0 Å². The molecular weight excluding hydrogens is 383 g/mol. The van der Waals surface area contributed by atoms with Crippen molar-refractivity contribution in [3.63, 3.8) is 0 Å². The van der Waals surface area contributed by atoms with Crippen LogP contribution in [0.15, 0.2) is 46.0 Å². The Labute approximate surface area is 152 Å². The number of rotatable bonds is 2. The first-order chi connectivity index (χ1) is 13.2. The molecule has 0 aliphatic carbocycles. The molecule has 3 rings (SSSR count).